The van der Waals surface area contributed by atoms with E-state index in [-0.39, 0.29) is 12.4 Å². The zero-order valence-corrected chi connectivity index (χ0v) is 8.37. The van der Waals surface area contributed by atoms with Gasteiger partial charge in [0.25, 0.3) is 0 Å². The van der Waals surface area contributed by atoms with Crippen LogP contribution in [-0.4, -0.2) is 42.3 Å². The minimum Gasteiger partial charge on any atom is -1.00 e. The number of rotatable bonds is 2. The Bertz CT molecular complexity index is 80.9. The fourth-order valence-corrected chi connectivity index (χ4v) is 1.22. The molecule has 0 spiro atoms. The van der Waals surface area contributed by atoms with Crippen molar-refractivity contribution in [1.29, 1.82) is 0 Å². The molecule has 0 radical (unpaired) electrons. The first-order valence-corrected chi connectivity index (χ1v) is 3.30. The Morgan fingerprint density at radius 1 is 1.40 bits per heavy atom. The van der Waals surface area contributed by atoms with Gasteiger partial charge in [0.2, 0.25) is 0 Å². The number of hydrogen-bond donors (Lipinski definition) is 1. The van der Waals surface area contributed by atoms with Crippen LogP contribution in [-0.2, 0) is 0 Å². The van der Waals surface area contributed by atoms with Crippen LogP contribution in [0.2, 0.25) is 0 Å². The Hall–Kier alpha value is 0.500. The molecule has 1 atom stereocenters. The number of alkyl halides is 1. The van der Waals surface area contributed by atoms with Crippen LogP contribution in [0, 0.1) is 0 Å². The third-order valence-electron chi connectivity index (χ3n) is 0.763. The second-order valence-corrected chi connectivity index (χ2v) is 4.41. The summed E-state index contributed by atoms with van der Waals surface area (Å²) in [6, 6.07) is 0. The van der Waals surface area contributed by atoms with Crippen molar-refractivity contribution in [2.24, 2.45) is 0 Å². The molecular weight excluding hydrogens is 173 g/mol. The summed E-state index contributed by atoms with van der Waals surface area (Å²) in [6.07, 6.45) is 0. The second-order valence-electron chi connectivity index (χ2n) is 3.59. The van der Waals surface area contributed by atoms with Crippen molar-refractivity contribution < 1.29 is 22.0 Å². The van der Waals surface area contributed by atoms with E-state index in [1.165, 1.54) is 0 Å². The Kier molecular flexibility index (Phi) is 4.94. The van der Waals surface area contributed by atoms with E-state index in [0.717, 1.165) is 0 Å². The number of likely N-dealkylation sites (N-methyl/N-ethyl adjacent to an activating group) is 1. The number of nitrogens with zero attached hydrogens (tertiary/aromatic N) is 1. The van der Waals surface area contributed by atoms with Gasteiger partial charge in [-0.2, -0.15) is 0 Å². The lowest BCUT2D eigenvalue weighted by Crippen LogP contribution is -3.00. The van der Waals surface area contributed by atoms with Crippen molar-refractivity contribution in [1.82, 2.24) is 0 Å². The summed E-state index contributed by atoms with van der Waals surface area (Å²) < 4.78 is 0.677. The van der Waals surface area contributed by atoms with Crippen LogP contribution < -0.4 is 12.4 Å². The highest BCUT2D eigenvalue weighted by Crippen LogP contribution is 2.12. The van der Waals surface area contributed by atoms with E-state index >= 15 is 0 Å². The monoisotopic (exact) mass is 187 g/mol. The van der Waals surface area contributed by atoms with Crippen LogP contribution in [0.15, 0.2) is 0 Å². The average molecular weight is 188 g/mol. The Balaban J connectivity index is 0. The zero-order chi connectivity index (χ0) is 7.71. The van der Waals surface area contributed by atoms with Gasteiger partial charge in [-0.05, 0) is 6.92 Å². The van der Waals surface area contributed by atoms with Crippen LogP contribution in [0.25, 0.3) is 0 Å². The molecular formula is C6H15Cl2NO. The molecule has 0 saturated heterocycles. The van der Waals surface area contributed by atoms with Gasteiger partial charge >= 0.3 is 0 Å². The number of halogens is 2. The van der Waals surface area contributed by atoms with E-state index in [9.17, 15) is 0 Å². The van der Waals surface area contributed by atoms with Crippen LogP contribution >= 0.6 is 11.6 Å². The lowest BCUT2D eigenvalue weighted by atomic mass is 10.3. The lowest BCUT2D eigenvalue weighted by Gasteiger charge is -2.28. The van der Waals surface area contributed by atoms with Crippen molar-refractivity contribution in [2.75, 3.05) is 27.7 Å². The summed E-state index contributed by atoms with van der Waals surface area (Å²) in [5.41, 5.74) is 0. The summed E-state index contributed by atoms with van der Waals surface area (Å²) in [5, 5.41) is 8.03. The van der Waals surface area contributed by atoms with Gasteiger partial charge in [0.1, 0.15) is 6.54 Å². The molecule has 2 nitrogen and oxygen atoms in total. The van der Waals surface area contributed by atoms with Crippen molar-refractivity contribution in [2.45, 2.75) is 12.0 Å². The van der Waals surface area contributed by atoms with Gasteiger partial charge in [0, 0.05) is 0 Å². The summed E-state index contributed by atoms with van der Waals surface area (Å²) in [7, 11) is 5.95. The summed E-state index contributed by atoms with van der Waals surface area (Å²) in [4.78, 5) is 0. The standard InChI is InChI=1S/C6H15ClNO.ClH/c1-6(7,9)5-8(2,3)4;/h9H,5H2,1-4H3;1H/q+1;/p-1. The van der Waals surface area contributed by atoms with Crippen molar-refractivity contribution in [3.63, 3.8) is 0 Å². The first-order chi connectivity index (χ1) is 3.71. The van der Waals surface area contributed by atoms with E-state index in [1.807, 2.05) is 21.1 Å². The van der Waals surface area contributed by atoms with E-state index in [4.69, 9.17) is 16.7 Å². The second kappa shape index (κ2) is 3.77. The minimum atomic E-state index is -1.07. The van der Waals surface area contributed by atoms with Crippen molar-refractivity contribution >= 4 is 11.6 Å². The van der Waals surface area contributed by atoms with E-state index in [1.54, 1.807) is 6.92 Å². The van der Waals surface area contributed by atoms with Crippen LogP contribution in [0.1, 0.15) is 6.92 Å². The Morgan fingerprint density at radius 2 is 1.70 bits per heavy atom. The van der Waals surface area contributed by atoms with Gasteiger partial charge in [0.05, 0.1) is 21.1 Å². The smallest absolute Gasteiger partial charge is 0.184 e. The lowest BCUT2D eigenvalue weighted by molar-refractivity contribution is -0.874. The van der Waals surface area contributed by atoms with Crippen molar-refractivity contribution in [3.8, 4) is 0 Å². The average Bonchev–Trinajstić information content (AvgIpc) is 1.14. The first kappa shape index (κ1) is 13.1. The predicted octanol–water partition coefficient (Wildman–Crippen LogP) is -2.36. The molecule has 1 N–H and O–H groups in total. The topological polar surface area (TPSA) is 20.2 Å². The molecule has 0 amide bonds. The molecule has 0 aliphatic rings. The summed E-state index contributed by atoms with van der Waals surface area (Å²) >= 11 is 5.56. The molecule has 64 valence electrons. The molecule has 0 aliphatic heterocycles. The van der Waals surface area contributed by atoms with Crippen LogP contribution in [0.3, 0.4) is 0 Å². The summed E-state index contributed by atoms with van der Waals surface area (Å²) in [6.45, 7) is 2.15. The third kappa shape index (κ3) is 11.3. The maximum atomic E-state index is 9.10. The minimum absolute atomic E-state index is 0. The molecule has 0 aliphatic carbocycles. The van der Waals surface area contributed by atoms with Gasteiger partial charge in [0.15, 0.2) is 5.06 Å². The molecule has 1 unspecified atom stereocenters. The van der Waals surface area contributed by atoms with Gasteiger partial charge in [-0.3, -0.25) is 0 Å². The fraction of sp³-hybridized carbons (Fsp3) is 1.00. The van der Waals surface area contributed by atoms with Gasteiger partial charge in [-0.25, -0.2) is 0 Å². The number of quaternary nitrogens is 1. The van der Waals surface area contributed by atoms with E-state index in [2.05, 4.69) is 0 Å². The van der Waals surface area contributed by atoms with E-state index < -0.39 is 5.06 Å². The normalized spacial score (nSPS) is 17.4. The molecule has 0 aromatic carbocycles. The Morgan fingerprint density at radius 3 is 1.70 bits per heavy atom. The molecule has 0 rings (SSSR count). The van der Waals surface area contributed by atoms with Crippen molar-refractivity contribution in [3.05, 3.63) is 0 Å². The van der Waals surface area contributed by atoms with Crippen LogP contribution in [0.5, 0.6) is 0 Å². The predicted molar refractivity (Wildman–Crippen MR) is 39.4 cm³/mol. The van der Waals surface area contributed by atoms with Gasteiger partial charge < -0.3 is 22.0 Å². The number of aliphatic hydroxyl groups is 1. The summed E-state index contributed by atoms with van der Waals surface area (Å²) in [5.74, 6) is 0. The maximum absolute atomic E-state index is 9.10. The largest absolute Gasteiger partial charge is 1.00 e. The third-order valence-corrected chi connectivity index (χ3v) is 0.882. The van der Waals surface area contributed by atoms with Crippen LogP contribution in [0.4, 0.5) is 0 Å². The highest BCUT2D eigenvalue weighted by molar-refractivity contribution is 6.22. The molecule has 0 aromatic heterocycles. The fourth-order valence-electron chi connectivity index (χ4n) is 0.866. The molecule has 0 heterocycles. The quantitative estimate of drug-likeness (QED) is 0.380. The molecule has 10 heavy (non-hydrogen) atoms. The SMILES string of the molecule is CC(O)(Cl)C[N+](C)(C)C.[Cl-]. The number of hydrogen-bond acceptors (Lipinski definition) is 1. The molecule has 0 bridgehead atoms. The molecule has 4 heteroatoms. The Labute approximate surface area is 73.8 Å². The first-order valence-electron chi connectivity index (χ1n) is 2.92. The molecule has 0 aromatic rings. The van der Waals surface area contributed by atoms with Gasteiger partial charge in [-0.15, -0.1) is 0 Å². The highest BCUT2D eigenvalue weighted by Gasteiger charge is 2.24. The molecule has 0 fully saturated rings. The van der Waals surface area contributed by atoms with Gasteiger partial charge in [-0.1, -0.05) is 11.6 Å². The zero-order valence-electron chi connectivity index (χ0n) is 6.86. The van der Waals surface area contributed by atoms with E-state index in [0.29, 0.717) is 11.0 Å². The maximum Gasteiger partial charge on any atom is 0.184 e. The molecule has 0 saturated carbocycles. The highest BCUT2D eigenvalue weighted by atomic mass is 35.5.